The number of oxazole rings is 1. The number of hydrogen-bond donors (Lipinski definition) is 1. The van der Waals surface area contributed by atoms with Crippen molar-refractivity contribution in [2.24, 2.45) is 0 Å². The number of amides is 1. The van der Waals surface area contributed by atoms with Crippen LogP contribution in [0.1, 0.15) is 35.4 Å². The first-order chi connectivity index (χ1) is 11.1. The van der Waals surface area contributed by atoms with Crippen LogP contribution >= 0.6 is 0 Å². The molecule has 2 heterocycles. The van der Waals surface area contributed by atoms with E-state index in [1.165, 1.54) is 4.57 Å². The predicted molar refractivity (Wildman–Crippen MR) is 81.2 cm³/mol. The molecule has 0 unspecified atom stereocenters. The minimum atomic E-state index is -0.507. The normalized spacial score (nSPS) is 11.0. The molecule has 23 heavy (non-hydrogen) atoms. The van der Waals surface area contributed by atoms with Gasteiger partial charge < -0.3 is 14.3 Å². The van der Waals surface area contributed by atoms with Crippen LogP contribution in [0.5, 0.6) is 0 Å². The van der Waals surface area contributed by atoms with Gasteiger partial charge in [0, 0.05) is 6.54 Å². The van der Waals surface area contributed by atoms with E-state index in [9.17, 15) is 9.59 Å². The van der Waals surface area contributed by atoms with Crippen molar-refractivity contribution in [1.82, 2.24) is 20.0 Å². The number of aromatic nitrogens is 3. The van der Waals surface area contributed by atoms with Gasteiger partial charge in [0.15, 0.2) is 11.4 Å². The summed E-state index contributed by atoms with van der Waals surface area (Å²) in [5.74, 6) is -0.818. The Bertz CT molecular complexity index is 906. The highest BCUT2D eigenvalue weighted by atomic mass is 16.5. The summed E-state index contributed by atoms with van der Waals surface area (Å²) in [4.78, 5) is 27.7. The van der Waals surface area contributed by atoms with Gasteiger partial charge in [0.05, 0.1) is 12.1 Å². The third kappa shape index (κ3) is 3.01. The van der Waals surface area contributed by atoms with E-state index in [1.54, 1.807) is 6.07 Å². The molecular weight excluding hydrogens is 300 g/mol. The zero-order valence-electron chi connectivity index (χ0n) is 12.8. The maximum atomic E-state index is 12.0. The molecule has 1 N–H and O–H groups in total. The van der Waals surface area contributed by atoms with Gasteiger partial charge in [-0.2, -0.15) is 4.98 Å². The smallest absolute Gasteiger partial charge is 0.408 e. The van der Waals surface area contributed by atoms with E-state index in [1.807, 2.05) is 26.0 Å². The Morgan fingerprint density at radius 3 is 3.00 bits per heavy atom. The largest absolute Gasteiger partial charge is 0.420 e. The second kappa shape index (κ2) is 6.07. The number of carbonyl (C=O) groups excluding carboxylic acids is 1. The molecule has 0 spiro atoms. The summed E-state index contributed by atoms with van der Waals surface area (Å²) >= 11 is 0. The van der Waals surface area contributed by atoms with Gasteiger partial charge in [-0.15, -0.1) is 0 Å². The molecule has 0 aliphatic heterocycles. The fourth-order valence-corrected chi connectivity index (χ4v) is 2.19. The van der Waals surface area contributed by atoms with Gasteiger partial charge in [-0.25, -0.2) is 4.79 Å². The zero-order chi connectivity index (χ0) is 16.4. The molecule has 0 radical (unpaired) electrons. The Morgan fingerprint density at radius 1 is 1.39 bits per heavy atom. The number of benzene rings is 1. The molecule has 0 aliphatic carbocycles. The van der Waals surface area contributed by atoms with Crippen molar-refractivity contribution in [2.45, 2.75) is 26.8 Å². The van der Waals surface area contributed by atoms with Crippen molar-refractivity contribution in [3.63, 3.8) is 0 Å². The van der Waals surface area contributed by atoms with Gasteiger partial charge >= 0.3 is 17.6 Å². The first kappa shape index (κ1) is 15.0. The van der Waals surface area contributed by atoms with Gasteiger partial charge in [0.2, 0.25) is 0 Å². The van der Waals surface area contributed by atoms with E-state index < -0.39 is 11.7 Å². The molecule has 2 aromatic heterocycles. The molecule has 3 aromatic rings. The summed E-state index contributed by atoms with van der Waals surface area (Å²) in [6.07, 6.45) is 0.808. The highest BCUT2D eigenvalue weighted by molar-refractivity contribution is 5.89. The summed E-state index contributed by atoms with van der Waals surface area (Å²) in [5, 5.41) is 6.39. The van der Waals surface area contributed by atoms with Gasteiger partial charge in [0.25, 0.3) is 0 Å². The van der Waals surface area contributed by atoms with Crippen molar-refractivity contribution in [2.75, 3.05) is 6.54 Å². The van der Waals surface area contributed by atoms with Crippen LogP contribution in [0.15, 0.2) is 31.9 Å². The van der Waals surface area contributed by atoms with Gasteiger partial charge in [-0.05, 0) is 31.0 Å². The van der Waals surface area contributed by atoms with Crippen molar-refractivity contribution < 1.29 is 13.7 Å². The number of hydrogen-bond acceptors (Lipinski definition) is 6. The number of fused-ring (bicyclic) bond motifs is 1. The molecule has 120 valence electrons. The number of rotatable bonds is 5. The fourth-order valence-electron chi connectivity index (χ4n) is 2.19. The lowest BCUT2D eigenvalue weighted by Gasteiger charge is -1.98. The Hall–Kier alpha value is -2.90. The Morgan fingerprint density at radius 2 is 2.22 bits per heavy atom. The molecule has 0 atom stereocenters. The number of nitrogens with zero attached hydrogens (tertiary/aromatic N) is 3. The standard InChI is InChI=1S/C15H16N4O4/c1-3-6-16-13(20)14-17-12(18-23-14)8-19-10-7-9(2)4-5-11(10)22-15(19)21/h4-5,7H,3,6,8H2,1-2H3,(H,16,20). The average molecular weight is 316 g/mol. The molecule has 8 heteroatoms. The van der Waals surface area contributed by atoms with Gasteiger partial charge in [-0.3, -0.25) is 9.36 Å². The molecule has 3 rings (SSSR count). The summed E-state index contributed by atoms with van der Waals surface area (Å²) in [6.45, 7) is 4.46. The highest BCUT2D eigenvalue weighted by Gasteiger charge is 2.17. The third-order valence-corrected chi connectivity index (χ3v) is 3.32. The minimum absolute atomic E-state index is 0.0693. The molecule has 0 aliphatic rings. The van der Waals surface area contributed by atoms with Crippen LogP contribution in [-0.2, 0) is 6.54 Å². The lowest BCUT2D eigenvalue weighted by atomic mass is 10.2. The summed E-state index contributed by atoms with van der Waals surface area (Å²) in [6, 6.07) is 5.44. The quantitative estimate of drug-likeness (QED) is 0.764. The topological polar surface area (TPSA) is 103 Å². The van der Waals surface area contributed by atoms with E-state index in [0.717, 1.165) is 12.0 Å². The monoisotopic (exact) mass is 316 g/mol. The lowest BCUT2D eigenvalue weighted by molar-refractivity contribution is 0.0910. The van der Waals surface area contributed by atoms with Crippen LogP contribution in [0.4, 0.5) is 0 Å². The molecule has 0 saturated carbocycles. The maximum absolute atomic E-state index is 12.0. The lowest BCUT2D eigenvalue weighted by Crippen LogP contribution is -2.24. The maximum Gasteiger partial charge on any atom is 0.420 e. The van der Waals surface area contributed by atoms with E-state index in [0.29, 0.717) is 17.6 Å². The summed E-state index contributed by atoms with van der Waals surface area (Å²) in [5.41, 5.74) is 2.14. The van der Waals surface area contributed by atoms with Crippen LogP contribution in [-0.4, -0.2) is 27.2 Å². The number of carbonyl (C=O) groups is 1. The summed E-state index contributed by atoms with van der Waals surface area (Å²) < 4.78 is 11.5. The first-order valence-electron chi connectivity index (χ1n) is 7.29. The molecular formula is C15H16N4O4. The van der Waals surface area contributed by atoms with Crippen LogP contribution in [0.25, 0.3) is 11.1 Å². The molecule has 0 fully saturated rings. The van der Waals surface area contributed by atoms with Gasteiger partial charge in [-0.1, -0.05) is 18.1 Å². The van der Waals surface area contributed by atoms with Crippen LogP contribution < -0.4 is 11.1 Å². The van der Waals surface area contributed by atoms with Crippen molar-refractivity contribution in [3.8, 4) is 0 Å². The first-order valence-corrected chi connectivity index (χ1v) is 7.29. The van der Waals surface area contributed by atoms with Crippen LogP contribution in [0, 0.1) is 6.92 Å². The second-order valence-electron chi connectivity index (χ2n) is 5.20. The molecule has 8 nitrogen and oxygen atoms in total. The third-order valence-electron chi connectivity index (χ3n) is 3.32. The molecule has 0 bridgehead atoms. The van der Waals surface area contributed by atoms with Crippen LogP contribution in [0.2, 0.25) is 0 Å². The van der Waals surface area contributed by atoms with Gasteiger partial charge in [0.1, 0.15) is 0 Å². The van der Waals surface area contributed by atoms with E-state index in [-0.39, 0.29) is 18.3 Å². The SMILES string of the molecule is CCCNC(=O)c1nc(Cn2c(=O)oc3ccc(C)cc32)no1. The Labute approximate surface area is 131 Å². The van der Waals surface area contributed by atoms with Crippen LogP contribution in [0.3, 0.4) is 0 Å². The Kier molecular flexibility index (Phi) is 3.96. The number of aryl methyl sites for hydroxylation is 1. The van der Waals surface area contributed by atoms with Crippen molar-refractivity contribution >= 4 is 17.0 Å². The van der Waals surface area contributed by atoms with E-state index in [4.69, 9.17) is 8.94 Å². The predicted octanol–water partition coefficient (Wildman–Crippen LogP) is 1.47. The zero-order valence-corrected chi connectivity index (χ0v) is 12.8. The molecule has 1 aromatic carbocycles. The molecule has 1 amide bonds. The Balaban J connectivity index is 1.87. The van der Waals surface area contributed by atoms with Crippen molar-refractivity contribution in [1.29, 1.82) is 0 Å². The highest BCUT2D eigenvalue weighted by Crippen LogP contribution is 2.15. The fraction of sp³-hybridized carbons (Fsp3) is 0.333. The van der Waals surface area contributed by atoms with E-state index in [2.05, 4.69) is 15.5 Å². The van der Waals surface area contributed by atoms with Crippen molar-refractivity contribution in [3.05, 3.63) is 46.0 Å². The summed E-state index contributed by atoms with van der Waals surface area (Å²) in [7, 11) is 0. The second-order valence-corrected chi connectivity index (χ2v) is 5.20. The molecule has 0 saturated heterocycles. The minimum Gasteiger partial charge on any atom is -0.408 e. The van der Waals surface area contributed by atoms with E-state index >= 15 is 0 Å². The average Bonchev–Trinajstić information content (AvgIpc) is 3.11. The number of nitrogens with one attached hydrogen (secondary N) is 1.